The van der Waals surface area contributed by atoms with E-state index in [1.165, 1.54) is 25.7 Å². The van der Waals surface area contributed by atoms with E-state index in [-0.39, 0.29) is 18.4 Å². The van der Waals surface area contributed by atoms with Gasteiger partial charge in [-0.25, -0.2) is 14.6 Å². The maximum absolute atomic E-state index is 13.2. The molecule has 1 rings (SSSR count). The van der Waals surface area contributed by atoms with E-state index < -0.39 is 59.9 Å². The lowest BCUT2D eigenvalue weighted by molar-refractivity contribution is -0.146. The Balaban J connectivity index is 2.90. The average molecular weight is 527 g/mol. The fourth-order valence-electron chi connectivity index (χ4n) is 3.86. The van der Waals surface area contributed by atoms with Crippen molar-refractivity contribution in [1.29, 1.82) is 0 Å². The Bertz CT molecular complexity index is 863. The summed E-state index contributed by atoms with van der Waals surface area (Å²) in [5.74, 6) is -2.74. The van der Waals surface area contributed by atoms with Crippen molar-refractivity contribution in [3.63, 3.8) is 0 Å². The Morgan fingerprint density at radius 2 is 1.57 bits per heavy atom. The summed E-state index contributed by atoms with van der Waals surface area (Å²) in [4.78, 5) is 76.3. The number of carbonyl (C=O) groups excluding carboxylic acids is 6. The van der Waals surface area contributed by atoms with E-state index in [0.717, 1.165) is 5.01 Å². The van der Waals surface area contributed by atoms with Gasteiger partial charge in [-0.3, -0.25) is 24.6 Å². The molecule has 1 fully saturated rings. The van der Waals surface area contributed by atoms with Crippen molar-refractivity contribution in [3.05, 3.63) is 0 Å². The van der Waals surface area contributed by atoms with Crippen LogP contribution < -0.4 is 21.4 Å². The van der Waals surface area contributed by atoms with Crippen LogP contribution in [-0.2, 0) is 28.7 Å². The number of hydrazine groups is 1. The van der Waals surface area contributed by atoms with Crippen molar-refractivity contribution in [2.75, 3.05) is 13.2 Å². The number of hydrogen-bond acceptors (Lipinski definition) is 7. The van der Waals surface area contributed by atoms with Gasteiger partial charge in [0.2, 0.25) is 17.7 Å². The lowest BCUT2D eigenvalue weighted by Crippen LogP contribution is -2.61. The molecule has 13 heteroatoms. The minimum absolute atomic E-state index is 0.166. The maximum Gasteiger partial charge on any atom is 0.337 e. The number of urea groups is 1. The first-order chi connectivity index (χ1) is 17.2. The number of carbonyl (C=O) groups is 6. The van der Waals surface area contributed by atoms with Crippen LogP contribution >= 0.6 is 0 Å². The molecule has 0 aliphatic carbocycles. The summed E-state index contributed by atoms with van der Waals surface area (Å²) in [6.45, 7) is 13.3. The molecule has 6 amide bonds. The molecule has 1 heterocycles. The minimum Gasteiger partial charge on any atom is -0.464 e. The van der Waals surface area contributed by atoms with Crippen LogP contribution in [0.15, 0.2) is 0 Å². The Morgan fingerprint density at radius 3 is 2.08 bits per heavy atom. The first kappa shape index (κ1) is 31.6. The standard InChI is InChI=1S/C24H42N6O7/c1-9-37-23(35)19(13(2)3)27-24(36)30(14(4)5)28-21(33)18-11-10-12-29(18)22(34)16(7)26-20(32)15(6)25-17(8)31/h13-16,18-19H,9-12H2,1-8H3,(H,25,31)(H,26,32)(H,27,36)(H,28,33)/t15-,16-,18-,19-/m0/s1. The van der Waals surface area contributed by atoms with Crippen LogP contribution in [0, 0.1) is 5.92 Å². The summed E-state index contributed by atoms with van der Waals surface area (Å²) in [7, 11) is 0. The van der Waals surface area contributed by atoms with Crippen LogP contribution in [0.3, 0.4) is 0 Å². The van der Waals surface area contributed by atoms with Crippen molar-refractivity contribution in [1.82, 2.24) is 31.3 Å². The zero-order valence-corrected chi connectivity index (χ0v) is 23.0. The fraction of sp³-hybridized carbons (Fsp3) is 0.750. The summed E-state index contributed by atoms with van der Waals surface area (Å²) in [6, 6.07) is -4.65. The van der Waals surface area contributed by atoms with Crippen LogP contribution in [0.25, 0.3) is 0 Å². The van der Waals surface area contributed by atoms with Gasteiger partial charge in [-0.2, -0.15) is 0 Å². The van der Waals surface area contributed by atoms with Crippen LogP contribution in [0.5, 0.6) is 0 Å². The van der Waals surface area contributed by atoms with Gasteiger partial charge in [0, 0.05) is 19.5 Å². The van der Waals surface area contributed by atoms with Gasteiger partial charge in [-0.1, -0.05) is 13.8 Å². The monoisotopic (exact) mass is 526 g/mol. The second-order valence-electron chi connectivity index (χ2n) is 9.71. The predicted octanol–water partition coefficient (Wildman–Crippen LogP) is 0.0456. The summed E-state index contributed by atoms with van der Waals surface area (Å²) in [6.07, 6.45) is 0.949. The van der Waals surface area contributed by atoms with Gasteiger partial charge in [0.1, 0.15) is 24.2 Å². The second kappa shape index (κ2) is 14.4. The van der Waals surface area contributed by atoms with Gasteiger partial charge in [-0.15, -0.1) is 0 Å². The Hall–Kier alpha value is -3.38. The summed E-state index contributed by atoms with van der Waals surface area (Å²) >= 11 is 0. The van der Waals surface area contributed by atoms with E-state index in [2.05, 4.69) is 21.4 Å². The topological polar surface area (TPSA) is 166 Å². The van der Waals surface area contributed by atoms with E-state index in [1.54, 1.807) is 34.6 Å². The third-order valence-electron chi connectivity index (χ3n) is 5.83. The van der Waals surface area contributed by atoms with Gasteiger partial charge in [0.05, 0.1) is 6.61 Å². The Kier molecular flexibility index (Phi) is 12.3. The van der Waals surface area contributed by atoms with Crippen LogP contribution in [-0.4, -0.2) is 88.9 Å². The predicted molar refractivity (Wildman–Crippen MR) is 135 cm³/mol. The van der Waals surface area contributed by atoms with Crippen molar-refractivity contribution in [2.45, 2.75) is 98.4 Å². The van der Waals surface area contributed by atoms with Crippen molar-refractivity contribution in [3.8, 4) is 0 Å². The summed E-state index contributed by atoms with van der Waals surface area (Å²) < 4.78 is 5.04. The summed E-state index contributed by atoms with van der Waals surface area (Å²) in [5, 5.41) is 8.70. The van der Waals surface area contributed by atoms with Crippen LogP contribution in [0.4, 0.5) is 4.79 Å². The molecule has 0 saturated carbocycles. The first-order valence-electron chi connectivity index (χ1n) is 12.7. The molecule has 0 aromatic heterocycles. The molecule has 210 valence electrons. The third kappa shape index (κ3) is 9.21. The Labute approximate surface area is 218 Å². The molecule has 1 aliphatic rings. The lowest BCUT2D eigenvalue weighted by atomic mass is 10.1. The van der Waals surface area contributed by atoms with Gasteiger partial charge < -0.3 is 25.6 Å². The molecule has 4 atom stereocenters. The van der Waals surface area contributed by atoms with E-state index in [4.69, 9.17) is 4.74 Å². The zero-order chi connectivity index (χ0) is 28.4. The molecule has 0 aromatic carbocycles. The molecule has 1 saturated heterocycles. The van der Waals surface area contributed by atoms with E-state index in [1.807, 2.05) is 0 Å². The number of amides is 6. The van der Waals surface area contributed by atoms with Crippen molar-refractivity contribution < 1.29 is 33.5 Å². The normalized spacial score (nSPS) is 17.5. The smallest absolute Gasteiger partial charge is 0.337 e. The van der Waals surface area contributed by atoms with Gasteiger partial charge in [0.15, 0.2) is 0 Å². The van der Waals surface area contributed by atoms with Gasteiger partial charge in [0.25, 0.3) is 5.91 Å². The van der Waals surface area contributed by atoms with Crippen LogP contribution in [0.1, 0.15) is 68.2 Å². The quantitative estimate of drug-likeness (QED) is 0.230. The second-order valence-corrected chi connectivity index (χ2v) is 9.71. The molecular formula is C24H42N6O7. The number of nitrogens with zero attached hydrogens (tertiary/aromatic N) is 2. The van der Waals surface area contributed by atoms with Crippen LogP contribution in [0.2, 0.25) is 0 Å². The average Bonchev–Trinajstić information content (AvgIpc) is 3.29. The highest BCUT2D eigenvalue weighted by molar-refractivity contribution is 5.94. The molecule has 0 unspecified atom stereocenters. The number of ether oxygens (including phenoxy) is 1. The molecular weight excluding hydrogens is 484 g/mol. The summed E-state index contributed by atoms with van der Waals surface area (Å²) in [5.41, 5.74) is 2.58. The SMILES string of the molecule is CCOC(=O)[C@@H](NC(=O)N(NC(=O)[C@@H]1CCCN1C(=O)[C@H](C)NC(=O)[C@H](C)NC(C)=O)C(C)C)C(C)C. The number of hydrogen-bond donors (Lipinski definition) is 4. The first-order valence-corrected chi connectivity index (χ1v) is 12.7. The third-order valence-corrected chi connectivity index (χ3v) is 5.83. The molecule has 0 aromatic rings. The molecule has 4 N–H and O–H groups in total. The highest BCUT2D eigenvalue weighted by Crippen LogP contribution is 2.19. The molecule has 37 heavy (non-hydrogen) atoms. The highest BCUT2D eigenvalue weighted by Gasteiger charge is 2.38. The Morgan fingerprint density at radius 1 is 0.946 bits per heavy atom. The van der Waals surface area contributed by atoms with Crippen molar-refractivity contribution in [2.24, 2.45) is 5.92 Å². The van der Waals surface area contributed by atoms with Crippen molar-refractivity contribution >= 4 is 35.6 Å². The minimum atomic E-state index is -0.932. The van der Waals surface area contributed by atoms with Gasteiger partial charge >= 0.3 is 12.0 Å². The lowest BCUT2D eigenvalue weighted by Gasteiger charge is -2.33. The van der Waals surface area contributed by atoms with E-state index in [0.29, 0.717) is 19.4 Å². The zero-order valence-electron chi connectivity index (χ0n) is 23.0. The number of likely N-dealkylation sites (tertiary alicyclic amines) is 1. The fourth-order valence-corrected chi connectivity index (χ4v) is 3.86. The largest absolute Gasteiger partial charge is 0.464 e. The number of esters is 1. The number of nitrogens with one attached hydrogen (secondary N) is 4. The molecule has 1 aliphatic heterocycles. The molecule has 0 spiro atoms. The molecule has 0 radical (unpaired) electrons. The van der Waals surface area contributed by atoms with E-state index >= 15 is 0 Å². The highest BCUT2D eigenvalue weighted by atomic mass is 16.5. The van der Waals surface area contributed by atoms with Gasteiger partial charge in [-0.05, 0) is 53.4 Å². The maximum atomic E-state index is 13.2. The number of rotatable bonds is 10. The molecule has 13 nitrogen and oxygen atoms in total. The van der Waals surface area contributed by atoms with E-state index in [9.17, 15) is 28.8 Å². The molecule has 0 bridgehead atoms.